The average Bonchev–Trinajstić information content (AvgIpc) is 2.17. The number of thioether (sulfide) groups is 1. The van der Waals surface area contributed by atoms with Crippen molar-refractivity contribution < 1.29 is 9.53 Å². The fraction of sp³-hybridized carbons (Fsp3) is 0.667. The van der Waals surface area contributed by atoms with Crippen LogP contribution in [0.25, 0.3) is 0 Å². The minimum absolute atomic E-state index is 0.248. The summed E-state index contributed by atoms with van der Waals surface area (Å²) >= 11 is 1.89. The Balaban J connectivity index is 2.45. The van der Waals surface area contributed by atoms with E-state index in [1.807, 2.05) is 11.8 Å². The molecular weight excluding hydrogens is 172 g/mol. The fourth-order valence-electron chi connectivity index (χ4n) is 1.31. The monoisotopic (exact) mass is 186 g/mol. The minimum Gasteiger partial charge on any atom is -0.466 e. The Labute approximate surface area is 77.4 Å². The van der Waals surface area contributed by atoms with Crippen LogP contribution in [-0.4, -0.2) is 24.6 Å². The molecule has 0 saturated carbocycles. The second-order valence-electron chi connectivity index (χ2n) is 2.93. The summed E-state index contributed by atoms with van der Waals surface area (Å²) in [5.74, 6) is 2.33. The molecule has 1 rings (SSSR count). The zero-order valence-electron chi connectivity index (χ0n) is 7.34. The SMILES string of the molecule is C=C(C(=O)OC)C1CCCSC1. The van der Waals surface area contributed by atoms with Crippen molar-refractivity contribution in [3.63, 3.8) is 0 Å². The highest BCUT2D eigenvalue weighted by molar-refractivity contribution is 7.99. The summed E-state index contributed by atoms with van der Waals surface area (Å²) in [6.45, 7) is 3.76. The Hall–Kier alpha value is -0.440. The van der Waals surface area contributed by atoms with Crippen molar-refractivity contribution in [3.8, 4) is 0 Å². The van der Waals surface area contributed by atoms with Crippen LogP contribution < -0.4 is 0 Å². The Morgan fingerprint density at radius 3 is 2.92 bits per heavy atom. The first-order chi connectivity index (χ1) is 5.75. The predicted molar refractivity (Wildman–Crippen MR) is 51.2 cm³/mol. The zero-order chi connectivity index (χ0) is 8.97. The highest BCUT2D eigenvalue weighted by Crippen LogP contribution is 2.27. The molecule has 1 unspecified atom stereocenters. The Bertz CT molecular complexity index is 183. The number of hydrogen-bond donors (Lipinski definition) is 0. The van der Waals surface area contributed by atoms with E-state index in [1.54, 1.807) is 0 Å². The van der Waals surface area contributed by atoms with Gasteiger partial charge < -0.3 is 4.74 Å². The molecule has 1 aliphatic rings. The second-order valence-corrected chi connectivity index (χ2v) is 4.08. The van der Waals surface area contributed by atoms with Gasteiger partial charge in [0.05, 0.1) is 7.11 Å². The highest BCUT2D eigenvalue weighted by Gasteiger charge is 2.21. The lowest BCUT2D eigenvalue weighted by atomic mass is 9.97. The topological polar surface area (TPSA) is 26.3 Å². The van der Waals surface area contributed by atoms with Gasteiger partial charge in [-0.1, -0.05) is 6.58 Å². The molecule has 0 aromatic rings. The molecule has 1 heterocycles. The highest BCUT2D eigenvalue weighted by atomic mass is 32.2. The van der Waals surface area contributed by atoms with Crippen LogP contribution in [0, 0.1) is 5.92 Å². The van der Waals surface area contributed by atoms with Crippen LogP contribution in [0.4, 0.5) is 0 Å². The van der Waals surface area contributed by atoms with Crippen LogP contribution in [0.2, 0.25) is 0 Å². The van der Waals surface area contributed by atoms with E-state index < -0.39 is 0 Å². The Morgan fingerprint density at radius 2 is 2.42 bits per heavy atom. The van der Waals surface area contributed by atoms with Gasteiger partial charge in [0, 0.05) is 11.3 Å². The quantitative estimate of drug-likeness (QED) is 0.486. The van der Waals surface area contributed by atoms with E-state index in [9.17, 15) is 4.79 Å². The van der Waals surface area contributed by atoms with Crippen LogP contribution in [0.15, 0.2) is 12.2 Å². The van der Waals surface area contributed by atoms with E-state index in [0.29, 0.717) is 11.5 Å². The summed E-state index contributed by atoms with van der Waals surface area (Å²) in [4.78, 5) is 11.1. The van der Waals surface area contributed by atoms with Gasteiger partial charge in [-0.25, -0.2) is 4.79 Å². The third-order valence-electron chi connectivity index (χ3n) is 2.10. The number of carbonyl (C=O) groups excluding carboxylic acids is 1. The average molecular weight is 186 g/mol. The van der Waals surface area contributed by atoms with E-state index >= 15 is 0 Å². The van der Waals surface area contributed by atoms with Gasteiger partial charge >= 0.3 is 5.97 Å². The van der Waals surface area contributed by atoms with Crippen molar-refractivity contribution in [2.24, 2.45) is 5.92 Å². The molecule has 68 valence electrons. The van der Waals surface area contributed by atoms with Gasteiger partial charge in [0.2, 0.25) is 0 Å². The van der Waals surface area contributed by atoms with Crippen molar-refractivity contribution in [2.45, 2.75) is 12.8 Å². The predicted octanol–water partition coefficient (Wildman–Crippen LogP) is 1.86. The number of carbonyl (C=O) groups is 1. The van der Waals surface area contributed by atoms with Gasteiger partial charge in [0.15, 0.2) is 0 Å². The van der Waals surface area contributed by atoms with E-state index in [0.717, 1.165) is 12.2 Å². The molecular formula is C9H14O2S. The number of hydrogen-bond acceptors (Lipinski definition) is 3. The van der Waals surface area contributed by atoms with E-state index in [4.69, 9.17) is 0 Å². The van der Waals surface area contributed by atoms with E-state index in [-0.39, 0.29) is 5.97 Å². The van der Waals surface area contributed by atoms with Gasteiger partial charge in [-0.05, 0) is 24.5 Å². The molecule has 1 atom stereocenters. The van der Waals surface area contributed by atoms with Gasteiger partial charge in [-0.15, -0.1) is 0 Å². The van der Waals surface area contributed by atoms with Crippen LogP contribution in [0.3, 0.4) is 0 Å². The van der Waals surface area contributed by atoms with Crippen LogP contribution in [-0.2, 0) is 9.53 Å². The van der Waals surface area contributed by atoms with Gasteiger partial charge in [0.25, 0.3) is 0 Å². The maximum Gasteiger partial charge on any atom is 0.333 e. The standard InChI is InChI=1S/C9H14O2S/c1-7(9(10)11-2)8-4-3-5-12-6-8/h8H,1,3-6H2,2H3. The maximum absolute atomic E-state index is 11.1. The molecule has 1 saturated heterocycles. The molecule has 0 spiro atoms. The number of ether oxygens (including phenoxy) is 1. The summed E-state index contributed by atoms with van der Waals surface area (Å²) in [7, 11) is 1.41. The third kappa shape index (κ3) is 2.27. The first-order valence-corrected chi connectivity index (χ1v) is 5.26. The van der Waals surface area contributed by atoms with Gasteiger partial charge in [-0.2, -0.15) is 11.8 Å². The minimum atomic E-state index is -0.248. The molecule has 0 radical (unpaired) electrons. The molecule has 12 heavy (non-hydrogen) atoms. The number of esters is 1. The molecule has 0 aromatic heterocycles. The smallest absolute Gasteiger partial charge is 0.333 e. The van der Waals surface area contributed by atoms with Crippen molar-refractivity contribution in [1.29, 1.82) is 0 Å². The Morgan fingerprint density at radius 1 is 1.67 bits per heavy atom. The zero-order valence-corrected chi connectivity index (χ0v) is 8.15. The largest absolute Gasteiger partial charge is 0.466 e. The van der Waals surface area contributed by atoms with Crippen LogP contribution in [0.1, 0.15) is 12.8 Å². The summed E-state index contributed by atoms with van der Waals surface area (Å²) in [5, 5.41) is 0. The molecule has 2 nitrogen and oxygen atoms in total. The molecule has 0 aromatic carbocycles. The molecule has 3 heteroatoms. The molecule has 0 aliphatic carbocycles. The van der Waals surface area contributed by atoms with Crippen molar-refractivity contribution in [3.05, 3.63) is 12.2 Å². The lowest BCUT2D eigenvalue weighted by Gasteiger charge is -2.21. The van der Waals surface area contributed by atoms with Crippen molar-refractivity contribution in [2.75, 3.05) is 18.6 Å². The molecule has 1 aliphatic heterocycles. The normalized spacial score (nSPS) is 23.2. The molecule has 0 amide bonds. The van der Waals surface area contributed by atoms with Crippen LogP contribution >= 0.6 is 11.8 Å². The summed E-state index contributed by atoms with van der Waals surface area (Å²) in [6, 6.07) is 0. The first-order valence-electron chi connectivity index (χ1n) is 4.10. The lowest BCUT2D eigenvalue weighted by Crippen LogP contribution is -2.18. The van der Waals surface area contributed by atoms with Gasteiger partial charge in [-0.3, -0.25) is 0 Å². The van der Waals surface area contributed by atoms with E-state index in [1.165, 1.54) is 19.3 Å². The molecule has 0 bridgehead atoms. The first kappa shape index (κ1) is 9.65. The van der Waals surface area contributed by atoms with E-state index in [2.05, 4.69) is 11.3 Å². The molecule has 1 fully saturated rings. The lowest BCUT2D eigenvalue weighted by molar-refractivity contribution is -0.136. The summed E-state index contributed by atoms with van der Waals surface area (Å²) in [6.07, 6.45) is 2.27. The fourth-order valence-corrected chi connectivity index (χ4v) is 2.50. The third-order valence-corrected chi connectivity index (χ3v) is 3.32. The van der Waals surface area contributed by atoms with Crippen molar-refractivity contribution in [1.82, 2.24) is 0 Å². The van der Waals surface area contributed by atoms with Crippen molar-refractivity contribution >= 4 is 17.7 Å². The number of methoxy groups -OCH3 is 1. The number of rotatable bonds is 2. The maximum atomic E-state index is 11.1. The van der Waals surface area contributed by atoms with Gasteiger partial charge in [0.1, 0.15) is 0 Å². The molecule has 0 N–H and O–H groups in total. The van der Waals surface area contributed by atoms with Crippen LogP contribution in [0.5, 0.6) is 0 Å². The summed E-state index contributed by atoms with van der Waals surface area (Å²) < 4.78 is 4.62. The Kier molecular flexibility index (Phi) is 3.66. The summed E-state index contributed by atoms with van der Waals surface area (Å²) in [5.41, 5.74) is 0.643. The second kappa shape index (κ2) is 4.55.